The number of hydrogen-bond acceptors (Lipinski definition) is 2. The first-order valence-electron chi connectivity index (χ1n) is 3.25. The Labute approximate surface area is 59.1 Å². The highest BCUT2D eigenvalue weighted by Crippen LogP contribution is 2.05. The van der Waals surface area contributed by atoms with E-state index in [0.29, 0.717) is 5.92 Å². The fourth-order valence-corrected chi connectivity index (χ4v) is 0.689. The van der Waals surface area contributed by atoms with Crippen molar-refractivity contribution in [1.29, 1.82) is 0 Å². The summed E-state index contributed by atoms with van der Waals surface area (Å²) < 4.78 is 0. The largest absolute Gasteiger partial charge is 0.288 e. The van der Waals surface area contributed by atoms with Crippen LogP contribution in [-0.4, -0.2) is 10.2 Å². The lowest BCUT2D eigenvalue weighted by molar-refractivity contribution is 0.781. The highest BCUT2D eigenvalue weighted by atomic mass is 16.1. The Morgan fingerprint density at radius 2 is 2.30 bits per heavy atom. The van der Waals surface area contributed by atoms with Crippen molar-refractivity contribution >= 4 is 0 Å². The molecular weight excluding hydrogens is 128 g/mol. The van der Waals surface area contributed by atoms with E-state index in [-0.39, 0.29) is 5.43 Å². The molecule has 3 nitrogen and oxygen atoms in total. The van der Waals surface area contributed by atoms with Crippen LogP contribution in [0.25, 0.3) is 0 Å². The third kappa shape index (κ3) is 1.43. The molecule has 1 aromatic rings. The van der Waals surface area contributed by atoms with Crippen LogP contribution < -0.4 is 5.43 Å². The van der Waals surface area contributed by atoms with Crippen LogP contribution in [0.2, 0.25) is 0 Å². The van der Waals surface area contributed by atoms with Gasteiger partial charge in [0, 0.05) is 11.8 Å². The monoisotopic (exact) mass is 138 g/mol. The van der Waals surface area contributed by atoms with Crippen molar-refractivity contribution < 1.29 is 0 Å². The minimum absolute atomic E-state index is 0.0394. The zero-order valence-electron chi connectivity index (χ0n) is 6.09. The maximum absolute atomic E-state index is 10.7. The summed E-state index contributed by atoms with van der Waals surface area (Å²) in [6, 6.07) is 1.57. The molecule has 0 saturated carbocycles. The highest BCUT2D eigenvalue weighted by Gasteiger charge is 1.97. The van der Waals surface area contributed by atoms with Crippen LogP contribution in [0.15, 0.2) is 17.1 Å². The Balaban J connectivity index is 3.07. The predicted molar refractivity (Wildman–Crippen MR) is 38.9 cm³/mol. The molecule has 10 heavy (non-hydrogen) atoms. The van der Waals surface area contributed by atoms with Crippen LogP contribution in [0.1, 0.15) is 25.5 Å². The standard InChI is InChI=1S/C7H10N2O/c1-5(2)7-3-6(10)4-8-9-7/h3-5H,1-2H3,(H,9,10). The van der Waals surface area contributed by atoms with Crippen molar-refractivity contribution in [2.45, 2.75) is 19.8 Å². The van der Waals surface area contributed by atoms with Gasteiger partial charge in [-0.2, -0.15) is 5.10 Å². The quantitative estimate of drug-likeness (QED) is 0.626. The Morgan fingerprint density at radius 3 is 2.70 bits per heavy atom. The Kier molecular flexibility index (Phi) is 1.85. The van der Waals surface area contributed by atoms with Crippen LogP contribution >= 0.6 is 0 Å². The van der Waals surface area contributed by atoms with Crippen molar-refractivity contribution in [3.05, 3.63) is 28.2 Å². The molecule has 0 spiro atoms. The first kappa shape index (κ1) is 6.99. The Bertz CT molecular complexity index is 264. The van der Waals surface area contributed by atoms with Gasteiger partial charge in [-0.05, 0) is 5.92 Å². The number of aromatic nitrogens is 2. The van der Waals surface area contributed by atoms with Crippen molar-refractivity contribution in [2.24, 2.45) is 0 Å². The number of nitrogens with zero attached hydrogens (tertiary/aromatic N) is 1. The van der Waals surface area contributed by atoms with Crippen LogP contribution in [0.5, 0.6) is 0 Å². The van der Waals surface area contributed by atoms with Gasteiger partial charge in [0.25, 0.3) is 0 Å². The van der Waals surface area contributed by atoms with E-state index in [0.717, 1.165) is 5.69 Å². The summed E-state index contributed by atoms with van der Waals surface area (Å²) in [5.74, 6) is 0.335. The summed E-state index contributed by atoms with van der Waals surface area (Å²) in [7, 11) is 0. The van der Waals surface area contributed by atoms with E-state index in [1.165, 1.54) is 6.20 Å². The van der Waals surface area contributed by atoms with E-state index < -0.39 is 0 Å². The van der Waals surface area contributed by atoms with Crippen LogP contribution in [0.3, 0.4) is 0 Å². The lowest BCUT2D eigenvalue weighted by Gasteiger charge is -2.00. The average molecular weight is 138 g/mol. The zero-order chi connectivity index (χ0) is 7.56. The number of aromatic amines is 1. The van der Waals surface area contributed by atoms with Gasteiger partial charge in [-0.15, -0.1) is 0 Å². The number of H-pyrrole nitrogens is 1. The fourth-order valence-electron chi connectivity index (χ4n) is 0.689. The predicted octanol–water partition coefficient (Wildman–Crippen LogP) is 0.893. The fraction of sp³-hybridized carbons (Fsp3) is 0.429. The average Bonchev–Trinajstić information content (AvgIpc) is 1.88. The molecule has 1 heterocycles. The molecule has 0 aliphatic carbocycles. The molecule has 0 saturated heterocycles. The maximum atomic E-state index is 10.7. The lowest BCUT2D eigenvalue weighted by Crippen LogP contribution is -2.05. The molecule has 0 aromatic carbocycles. The van der Waals surface area contributed by atoms with E-state index in [1.807, 2.05) is 13.8 Å². The van der Waals surface area contributed by atoms with Crippen LogP contribution in [-0.2, 0) is 0 Å². The Morgan fingerprint density at radius 1 is 1.60 bits per heavy atom. The van der Waals surface area contributed by atoms with E-state index >= 15 is 0 Å². The highest BCUT2D eigenvalue weighted by molar-refractivity contribution is 5.03. The third-order valence-electron chi connectivity index (χ3n) is 1.31. The van der Waals surface area contributed by atoms with Crippen molar-refractivity contribution in [3.8, 4) is 0 Å². The molecule has 1 N–H and O–H groups in total. The van der Waals surface area contributed by atoms with Crippen molar-refractivity contribution in [3.63, 3.8) is 0 Å². The van der Waals surface area contributed by atoms with Gasteiger partial charge in [0.15, 0.2) is 5.43 Å². The van der Waals surface area contributed by atoms with Gasteiger partial charge in [-0.25, -0.2) is 0 Å². The summed E-state index contributed by atoms with van der Waals surface area (Å²) in [5.41, 5.74) is 0.843. The molecule has 0 unspecified atom stereocenters. The van der Waals surface area contributed by atoms with E-state index in [4.69, 9.17) is 0 Å². The SMILES string of the molecule is CC(C)c1cc(=O)cn[nH]1. The topological polar surface area (TPSA) is 45.8 Å². The first-order valence-corrected chi connectivity index (χ1v) is 3.25. The van der Waals surface area contributed by atoms with Crippen molar-refractivity contribution in [1.82, 2.24) is 10.2 Å². The maximum Gasteiger partial charge on any atom is 0.200 e. The molecule has 3 heteroatoms. The lowest BCUT2D eigenvalue weighted by atomic mass is 10.1. The van der Waals surface area contributed by atoms with Gasteiger partial charge < -0.3 is 0 Å². The number of hydrogen-bond donors (Lipinski definition) is 1. The molecule has 0 atom stereocenters. The van der Waals surface area contributed by atoms with E-state index in [2.05, 4.69) is 10.2 Å². The van der Waals surface area contributed by atoms with Gasteiger partial charge in [-0.1, -0.05) is 13.8 Å². The Hall–Kier alpha value is -1.12. The molecule has 0 aliphatic heterocycles. The zero-order valence-corrected chi connectivity index (χ0v) is 6.09. The van der Waals surface area contributed by atoms with Crippen LogP contribution in [0, 0.1) is 0 Å². The van der Waals surface area contributed by atoms with E-state index in [1.54, 1.807) is 6.07 Å². The molecule has 0 amide bonds. The minimum Gasteiger partial charge on any atom is -0.288 e. The van der Waals surface area contributed by atoms with Gasteiger partial charge in [0.1, 0.15) is 0 Å². The summed E-state index contributed by atoms with van der Waals surface area (Å²) >= 11 is 0. The molecule has 0 bridgehead atoms. The normalized spacial score (nSPS) is 10.3. The number of nitrogens with one attached hydrogen (secondary N) is 1. The number of rotatable bonds is 1. The molecule has 0 radical (unpaired) electrons. The van der Waals surface area contributed by atoms with Crippen LogP contribution in [0.4, 0.5) is 0 Å². The third-order valence-corrected chi connectivity index (χ3v) is 1.31. The minimum atomic E-state index is -0.0394. The molecule has 1 rings (SSSR count). The van der Waals surface area contributed by atoms with Gasteiger partial charge in [0.2, 0.25) is 0 Å². The van der Waals surface area contributed by atoms with Gasteiger partial charge in [0.05, 0.1) is 6.20 Å². The smallest absolute Gasteiger partial charge is 0.200 e. The summed E-state index contributed by atoms with van der Waals surface area (Å²) in [5, 5.41) is 6.43. The molecule has 0 fully saturated rings. The molecule has 0 aliphatic rings. The summed E-state index contributed by atoms with van der Waals surface area (Å²) in [4.78, 5) is 10.7. The van der Waals surface area contributed by atoms with Crippen molar-refractivity contribution in [2.75, 3.05) is 0 Å². The second kappa shape index (κ2) is 2.64. The first-order chi connectivity index (χ1) is 4.70. The summed E-state index contributed by atoms with van der Waals surface area (Å²) in [6.07, 6.45) is 1.27. The summed E-state index contributed by atoms with van der Waals surface area (Å²) in [6.45, 7) is 4.01. The van der Waals surface area contributed by atoms with Gasteiger partial charge >= 0.3 is 0 Å². The second-order valence-electron chi connectivity index (χ2n) is 2.53. The van der Waals surface area contributed by atoms with Gasteiger partial charge in [-0.3, -0.25) is 9.89 Å². The molecule has 54 valence electrons. The van der Waals surface area contributed by atoms with E-state index in [9.17, 15) is 4.79 Å². The second-order valence-corrected chi connectivity index (χ2v) is 2.53. The molecule has 1 aromatic heterocycles. The molecular formula is C7H10N2O.